The first-order valence-corrected chi connectivity index (χ1v) is 10.4. The quantitative estimate of drug-likeness (QED) is 0.723. The lowest BCUT2D eigenvalue weighted by atomic mass is 10.0. The van der Waals surface area contributed by atoms with Crippen molar-refractivity contribution in [2.24, 2.45) is 0 Å². The molecular formula is C19H30N2O4S. The van der Waals surface area contributed by atoms with E-state index in [0.29, 0.717) is 18.6 Å². The summed E-state index contributed by atoms with van der Waals surface area (Å²) in [5.41, 5.74) is 0.294. The van der Waals surface area contributed by atoms with Crippen molar-refractivity contribution < 1.29 is 18.5 Å². The van der Waals surface area contributed by atoms with Crippen LogP contribution in [-0.4, -0.2) is 45.9 Å². The predicted molar refractivity (Wildman–Crippen MR) is 104 cm³/mol. The molecule has 1 rings (SSSR count). The SMILES string of the molecule is C[C@H](CC[S@@](C)=O)NC(=O)[C@H](Cc1ccccc1)NC(=O)OC(C)(C)C. The van der Waals surface area contributed by atoms with Crippen molar-refractivity contribution in [3.63, 3.8) is 0 Å². The molecule has 2 amide bonds. The summed E-state index contributed by atoms with van der Waals surface area (Å²) < 4.78 is 16.5. The average molecular weight is 383 g/mol. The Morgan fingerprint density at radius 1 is 1.15 bits per heavy atom. The topological polar surface area (TPSA) is 84.5 Å². The molecule has 6 nitrogen and oxygen atoms in total. The summed E-state index contributed by atoms with van der Waals surface area (Å²) in [5.74, 6) is 0.235. The second-order valence-electron chi connectivity index (χ2n) is 7.36. The number of nitrogens with one attached hydrogen (secondary N) is 2. The maximum absolute atomic E-state index is 12.6. The van der Waals surface area contributed by atoms with Crippen molar-refractivity contribution in [1.82, 2.24) is 10.6 Å². The van der Waals surface area contributed by atoms with E-state index in [0.717, 1.165) is 5.56 Å². The zero-order valence-corrected chi connectivity index (χ0v) is 17.0. The molecule has 0 heterocycles. The number of carbonyl (C=O) groups is 2. The number of ether oxygens (including phenoxy) is 1. The number of rotatable bonds is 8. The molecule has 0 aliphatic carbocycles. The van der Waals surface area contributed by atoms with Crippen LogP contribution in [0, 0.1) is 0 Å². The number of alkyl carbamates (subject to hydrolysis) is 1. The Kier molecular flexibility index (Phi) is 8.78. The Bertz CT molecular complexity index is 614. The number of amides is 2. The van der Waals surface area contributed by atoms with E-state index < -0.39 is 28.5 Å². The highest BCUT2D eigenvalue weighted by Crippen LogP contribution is 2.09. The van der Waals surface area contributed by atoms with Gasteiger partial charge in [0.1, 0.15) is 11.6 Å². The largest absolute Gasteiger partial charge is 0.444 e. The molecule has 1 aromatic rings. The van der Waals surface area contributed by atoms with Crippen LogP contribution < -0.4 is 10.6 Å². The Morgan fingerprint density at radius 3 is 2.31 bits per heavy atom. The van der Waals surface area contributed by atoms with Crippen molar-refractivity contribution in [1.29, 1.82) is 0 Å². The lowest BCUT2D eigenvalue weighted by Gasteiger charge is -2.24. The van der Waals surface area contributed by atoms with E-state index in [1.807, 2.05) is 37.3 Å². The van der Waals surface area contributed by atoms with Gasteiger partial charge in [-0.25, -0.2) is 4.79 Å². The van der Waals surface area contributed by atoms with Crippen molar-refractivity contribution in [3.8, 4) is 0 Å². The Morgan fingerprint density at radius 2 is 1.77 bits per heavy atom. The van der Waals surface area contributed by atoms with Crippen molar-refractivity contribution >= 4 is 22.8 Å². The van der Waals surface area contributed by atoms with Gasteiger partial charge >= 0.3 is 6.09 Å². The average Bonchev–Trinajstić information content (AvgIpc) is 2.51. The van der Waals surface area contributed by atoms with Gasteiger partial charge in [-0.1, -0.05) is 30.3 Å². The van der Waals surface area contributed by atoms with Crippen LogP contribution in [0.3, 0.4) is 0 Å². The first-order valence-electron chi connectivity index (χ1n) is 8.70. The zero-order chi connectivity index (χ0) is 19.7. The van der Waals surface area contributed by atoms with Crippen LogP contribution in [0.15, 0.2) is 30.3 Å². The minimum atomic E-state index is -0.905. The molecule has 26 heavy (non-hydrogen) atoms. The van der Waals surface area contributed by atoms with E-state index in [-0.39, 0.29) is 11.9 Å². The van der Waals surface area contributed by atoms with E-state index in [9.17, 15) is 13.8 Å². The first-order chi connectivity index (χ1) is 12.1. The fraction of sp³-hybridized carbons (Fsp3) is 0.579. The maximum Gasteiger partial charge on any atom is 0.408 e. The number of benzene rings is 1. The summed E-state index contributed by atoms with van der Waals surface area (Å²) in [6.07, 6.45) is 1.98. The van der Waals surface area contributed by atoms with Gasteiger partial charge in [0.2, 0.25) is 5.91 Å². The second kappa shape index (κ2) is 10.3. The number of carbonyl (C=O) groups excluding carboxylic acids is 2. The van der Waals surface area contributed by atoms with Crippen LogP contribution in [0.2, 0.25) is 0 Å². The summed E-state index contributed by atoms with van der Waals surface area (Å²) in [7, 11) is -0.905. The molecule has 0 spiro atoms. The van der Waals surface area contributed by atoms with Crippen LogP contribution in [0.4, 0.5) is 4.79 Å². The molecule has 0 saturated carbocycles. The zero-order valence-electron chi connectivity index (χ0n) is 16.2. The monoisotopic (exact) mass is 382 g/mol. The van der Waals surface area contributed by atoms with Crippen molar-refractivity contribution in [2.75, 3.05) is 12.0 Å². The predicted octanol–water partition coefficient (Wildman–Crippen LogP) is 2.40. The summed E-state index contributed by atoms with van der Waals surface area (Å²) >= 11 is 0. The molecule has 0 fully saturated rings. The molecule has 1 aromatic carbocycles. The molecule has 0 saturated heterocycles. The van der Waals surface area contributed by atoms with Crippen molar-refractivity contribution in [3.05, 3.63) is 35.9 Å². The van der Waals surface area contributed by atoms with E-state index in [1.54, 1.807) is 27.0 Å². The van der Waals surface area contributed by atoms with Gasteiger partial charge < -0.3 is 15.4 Å². The highest BCUT2D eigenvalue weighted by atomic mass is 32.2. The third-order valence-corrected chi connectivity index (χ3v) is 4.33. The standard InChI is InChI=1S/C19H30N2O4S/c1-14(11-12-26(5)24)20-17(22)16(13-15-9-7-6-8-10-15)21-18(23)25-19(2,3)4/h6-10,14,16H,11-13H2,1-5H3,(H,20,22)(H,21,23)/t14-,16+,26-/m1/s1. The second-order valence-corrected chi connectivity index (χ2v) is 8.92. The minimum absolute atomic E-state index is 0.134. The summed E-state index contributed by atoms with van der Waals surface area (Å²) in [6, 6.07) is 8.59. The maximum atomic E-state index is 12.6. The Hall–Kier alpha value is -1.89. The molecule has 0 unspecified atom stereocenters. The highest BCUT2D eigenvalue weighted by molar-refractivity contribution is 7.84. The molecule has 0 bridgehead atoms. The van der Waals surface area contributed by atoms with Crippen LogP contribution in [0.5, 0.6) is 0 Å². The van der Waals surface area contributed by atoms with Gasteiger partial charge in [0.05, 0.1) is 0 Å². The van der Waals surface area contributed by atoms with Crippen LogP contribution in [0.1, 0.15) is 39.7 Å². The van der Waals surface area contributed by atoms with Crippen molar-refractivity contribution in [2.45, 2.75) is 58.2 Å². The third kappa shape index (κ3) is 9.56. The molecule has 3 atom stereocenters. The van der Waals surface area contributed by atoms with Gasteiger partial charge in [-0.2, -0.15) is 0 Å². The highest BCUT2D eigenvalue weighted by Gasteiger charge is 2.25. The minimum Gasteiger partial charge on any atom is -0.444 e. The summed E-state index contributed by atoms with van der Waals surface area (Å²) in [5, 5.41) is 5.54. The first kappa shape index (κ1) is 22.2. The fourth-order valence-electron chi connectivity index (χ4n) is 2.27. The summed E-state index contributed by atoms with van der Waals surface area (Å²) in [4.78, 5) is 24.8. The fourth-order valence-corrected chi connectivity index (χ4v) is 2.95. The number of hydrogen-bond acceptors (Lipinski definition) is 4. The molecule has 146 valence electrons. The molecular weight excluding hydrogens is 352 g/mol. The van der Waals surface area contributed by atoms with E-state index in [2.05, 4.69) is 10.6 Å². The van der Waals surface area contributed by atoms with Crippen LogP contribution in [0.25, 0.3) is 0 Å². The van der Waals surface area contributed by atoms with E-state index >= 15 is 0 Å². The van der Waals surface area contributed by atoms with Crippen LogP contribution >= 0.6 is 0 Å². The lowest BCUT2D eigenvalue weighted by molar-refractivity contribution is -0.123. The lowest BCUT2D eigenvalue weighted by Crippen LogP contribution is -2.51. The molecule has 2 N–H and O–H groups in total. The van der Waals surface area contributed by atoms with Gasteiger partial charge in [-0.15, -0.1) is 0 Å². The Balaban J connectivity index is 2.77. The molecule has 0 aliphatic rings. The normalized spacial score (nSPS) is 14.8. The van der Waals surface area contributed by atoms with Gasteiger partial charge in [0.15, 0.2) is 0 Å². The van der Waals surface area contributed by atoms with E-state index in [1.165, 1.54) is 0 Å². The summed E-state index contributed by atoms with van der Waals surface area (Å²) in [6.45, 7) is 7.17. The van der Waals surface area contributed by atoms with Gasteiger partial charge in [-0.3, -0.25) is 9.00 Å². The van der Waals surface area contributed by atoms with Gasteiger partial charge in [-0.05, 0) is 39.7 Å². The van der Waals surface area contributed by atoms with Gasteiger partial charge in [0, 0.05) is 35.3 Å². The smallest absolute Gasteiger partial charge is 0.408 e. The number of hydrogen-bond donors (Lipinski definition) is 2. The molecule has 0 aromatic heterocycles. The van der Waals surface area contributed by atoms with Gasteiger partial charge in [0.25, 0.3) is 0 Å². The molecule has 7 heteroatoms. The Labute approximate surface area is 158 Å². The molecule has 0 radical (unpaired) electrons. The third-order valence-electron chi connectivity index (χ3n) is 3.52. The molecule has 0 aliphatic heterocycles. The van der Waals surface area contributed by atoms with Crippen LogP contribution in [-0.2, 0) is 26.8 Å². The van der Waals surface area contributed by atoms with E-state index in [4.69, 9.17) is 4.74 Å².